The first kappa shape index (κ1) is 15.4. The minimum atomic E-state index is -0.607. The van der Waals surface area contributed by atoms with Gasteiger partial charge in [0.05, 0.1) is 5.69 Å². The van der Waals surface area contributed by atoms with Gasteiger partial charge in [0.25, 0.3) is 5.91 Å². The van der Waals surface area contributed by atoms with Crippen molar-refractivity contribution < 1.29 is 9.21 Å². The number of nitrogens with zero attached hydrogens (tertiary/aromatic N) is 1. The zero-order valence-electron chi connectivity index (χ0n) is 13.1. The van der Waals surface area contributed by atoms with Crippen LogP contribution in [0.3, 0.4) is 0 Å². The predicted octanol–water partition coefficient (Wildman–Crippen LogP) is 4.57. The van der Waals surface area contributed by atoms with Crippen LogP contribution >= 0.6 is 11.6 Å². The Morgan fingerprint density at radius 3 is 2.60 bits per heavy atom. The van der Waals surface area contributed by atoms with Crippen LogP contribution in [0.2, 0.25) is 5.02 Å². The zero-order valence-corrected chi connectivity index (χ0v) is 13.8. The van der Waals surface area contributed by atoms with Gasteiger partial charge in [0.2, 0.25) is 5.55 Å². The van der Waals surface area contributed by atoms with Crippen LogP contribution in [0.15, 0.2) is 76.1 Å². The van der Waals surface area contributed by atoms with E-state index in [4.69, 9.17) is 21.8 Å². The summed E-state index contributed by atoms with van der Waals surface area (Å²) in [7, 11) is 0. The van der Waals surface area contributed by atoms with Crippen molar-refractivity contribution in [3.8, 4) is 0 Å². The molecule has 0 fully saturated rings. The van der Waals surface area contributed by atoms with Crippen molar-refractivity contribution in [1.82, 2.24) is 0 Å². The van der Waals surface area contributed by atoms with Crippen LogP contribution in [0.5, 0.6) is 0 Å². The summed E-state index contributed by atoms with van der Waals surface area (Å²) < 4.78 is 5.84. The first-order chi connectivity index (χ1) is 12.1. The van der Waals surface area contributed by atoms with Gasteiger partial charge in [0.1, 0.15) is 11.1 Å². The number of hydrogen-bond donors (Lipinski definition) is 1. The van der Waals surface area contributed by atoms with Crippen LogP contribution in [0, 0.1) is 0 Å². The number of fused-ring (bicyclic) bond motifs is 2. The van der Waals surface area contributed by atoms with E-state index in [1.165, 1.54) is 0 Å². The largest absolute Gasteiger partial charge is 0.438 e. The van der Waals surface area contributed by atoms with Crippen LogP contribution in [-0.2, 0) is 0 Å². The first-order valence-corrected chi connectivity index (χ1v) is 8.05. The van der Waals surface area contributed by atoms with Crippen LogP contribution in [0.4, 0.5) is 5.69 Å². The van der Waals surface area contributed by atoms with Crippen molar-refractivity contribution in [2.24, 2.45) is 10.7 Å². The summed E-state index contributed by atoms with van der Waals surface area (Å²) in [5.41, 5.74) is 7.19. The number of hydrogen-bond acceptors (Lipinski definition) is 3. The highest BCUT2D eigenvalue weighted by molar-refractivity contribution is 6.31. The summed E-state index contributed by atoms with van der Waals surface area (Å²) in [6.07, 6.45) is 0. The van der Waals surface area contributed by atoms with Gasteiger partial charge in [0, 0.05) is 15.8 Å². The average Bonchev–Trinajstić information content (AvgIpc) is 2.61. The van der Waals surface area contributed by atoms with Crippen LogP contribution < -0.4 is 11.3 Å². The lowest BCUT2D eigenvalue weighted by atomic mass is 10.1. The molecular formula is C20H13ClN2O2. The summed E-state index contributed by atoms with van der Waals surface area (Å²) >= 11 is 6.00. The summed E-state index contributed by atoms with van der Waals surface area (Å²) in [6, 6.07) is 20.5. The Morgan fingerprint density at radius 2 is 1.76 bits per heavy atom. The molecule has 1 aromatic heterocycles. The van der Waals surface area contributed by atoms with E-state index in [9.17, 15) is 4.79 Å². The number of nitrogens with two attached hydrogens (primary N) is 1. The Hall–Kier alpha value is -3.11. The SMILES string of the molecule is NC(=O)c1cc2cc(Cl)ccc2oc1=Nc1cccc2ccccc12. The topological polar surface area (TPSA) is 68.6 Å². The Kier molecular flexibility index (Phi) is 3.75. The zero-order chi connectivity index (χ0) is 17.4. The standard InChI is InChI=1S/C20H13ClN2O2/c21-14-8-9-18-13(10-14)11-16(19(22)24)20(25-18)23-17-7-3-5-12-4-1-2-6-15(12)17/h1-11H,(H2,22,24). The highest BCUT2D eigenvalue weighted by Crippen LogP contribution is 2.25. The van der Waals surface area contributed by atoms with Gasteiger partial charge in [-0.3, -0.25) is 4.79 Å². The highest BCUT2D eigenvalue weighted by Gasteiger charge is 2.10. The van der Waals surface area contributed by atoms with Crippen LogP contribution in [-0.4, -0.2) is 5.91 Å². The predicted molar refractivity (Wildman–Crippen MR) is 98.9 cm³/mol. The summed E-state index contributed by atoms with van der Waals surface area (Å²) in [5.74, 6) is -0.607. The lowest BCUT2D eigenvalue weighted by Gasteiger charge is -2.04. The first-order valence-electron chi connectivity index (χ1n) is 7.67. The van der Waals surface area contributed by atoms with Crippen molar-refractivity contribution in [2.75, 3.05) is 0 Å². The number of amides is 1. The Morgan fingerprint density at radius 1 is 0.960 bits per heavy atom. The molecule has 4 rings (SSSR count). The van der Waals surface area contributed by atoms with Gasteiger partial charge >= 0.3 is 0 Å². The summed E-state index contributed by atoms with van der Waals surface area (Å²) in [5, 5.41) is 3.26. The van der Waals surface area contributed by atoms with E-state index in [1.807, 2.05) is 42.5 Å². The van der Waals surface area contributed by atoms with Crippen LogP contribution in [0.25, 0.3) is 21.7 Å². The van der Waals surface area contributed by atoms with E-state index >= 15 is 0 Å². The number of carbonyl (C=O) groups is 1. The number of benzene rings is 3. The normalized spacial score (nSPS) is 12.0. The van der Waals surface area contributed by atoms with Gasteiger partial charge in [-0.15, -0.1) is 0 Å². The number of rotatable bonds is 2. The van der Waals surface area contributed by atoms with Crippen molar-refractivity contribution in [3.63, 3.8) is 0 Å². The molecule has 0 bridgehead atoms. The molecule has 0 aliphatic heterocycles. The summed E-state index contributed by atoms with van der Waals surface area (Å²) in [4.78, 5) is 16.4. The second kappa shape index (κ2) is 6.07. The van der Waals surface area contributed by atoms with Gasteiger partial charge in [-0.1, -0.05) is 48.0 Å². The van der Waals surface area contributed by atoms with Crippen molar-refractivity contribution in [2.45, 2.75) is 0 Å². The number of primary amides is 1. The molecule has 25 heavy (non-hydrogen) atoms. The molecule has 0 saturated heterocycles. The van der Waals surface area contributed by atoms with Gasteiger partial charge in [-0.2, -0.15) is 0 Å². The number of halogens is 1. The molecule has 0 spiro atoms. The van der Waals surface area contributed by atoms with Crippen LogP contribution in [0.1, 0.15) is 10.4 Å². The van der Waals surface area contributed by atoms with E-state index in [0.717, 1.165) is 10.8 Å². The molecule has 0 unspecified atom stereocenters. The molecule has 122 valence electrons. The molecule has 1 amide bonds. The van der Waals surface area contributed by atoms with Crippen molar-refractivity contribution in [1.29, 1.82) is 0 Å². The molecule has 2 N–H and O–H groups in total. The molecule has 5 heteroatoms. The molecule has 1 heterocycles. The molecule has 0 aliphatic carbocycles. The second-order valence-corrected chi connectivity index (χ2v) is 6.06. The average molecular weight is 349 g/mol. The Labute approximate surface area is 148 Å². The molecule has 3 aromatic carbocycles. The lowest BCUT2D eigenvalue weighted by Crippen LogP contribution is -2.21. The monoisotopic (exact) mass is 348 g/mol. The minimum Gasteiger partial charge on any atom is -0.438 e. The van der Waals surface area contributed by atoms with E-state index in [0.29, 0.717) is 21.7 Å². The quantitative estimate of drug-likeness (QED) is 0.576. The molecule has 0 radical (unpaired) electrons. The van der Waals surface area contributed by atoms with E-state index in [2.05, 4.69) is 4.99 Å². The smallest absolute Gasteiger partial charge is 0.254 e. The highest BCUT2D eigenvalue weighted by atomic mass is 35.5. The third-order valence-corrected chi connectivity index (χ3v) is 4.20. The van der Waals surface area contributed by atoms with E-state index in [-0.39, 0.29) is 11.1 Å². The fourth-order valence-corrected chi connectivity index (χ4v) is 2.96. The second-order valence-electron chi connectivity index (χ2n) is 5.62. The van der Waals surface area contributed by atoms with Crippen molar-refractivity contribution in [3.05, 3.63) is 82.9 Å². The van der Waals surface area contributed by atoms with E-state index < -0.39 is 5.91 Å². The third kappa shape index (κ3) is 2.88. The maximum absolute atomic E-state index is 11.9. The molecule has 0 saturated carbocycles. The van der Waals surface area contributed by atoms with Gasteiger partial charge < -0.3 is 10.2 Å². The van der Waals surface area contributed by atoms with Gasteiger partial charge in [-0.05, 0) is 35.7 Å². The van der Waals surface area contributed by atoms with Crippen molar-refractivity contribution >= 4 is 44.9 Å². The number of carbonyl (C=O) groups excluding carboxylic acids is 1. The molecular weight excluding hydrogens is 336 g/mol. The molecule has 4 nitrogen and oxygen atoms in total. The molecule has 0 atom stereocenters. The fourth-order valence-electron chi connectivity index (χ4n) is 2.78. The summed E-state index contributed by atoms with van der Waals surface area (Å²) in [6.45, 7) is 0. The Balaban J connectivity index is 2.04. The lowest BCUT2D eigenvalue weighted by molar-refractivity contribution is 0.0996. The maximum Gasteiger partial charge on any atom is 0.254 e. The van der Waals surface area contributed by atoms with E-state index in [1.54, 1.807) is 24.3 Å². The third-order valence-electron chi connectivity index (χ3n) is 3.96. The maximum atomic E-state index is 11.9. The Bertz CT molecular complexity index is 1190. The molecule has 4 aromatic rings. The minimum absolute atomic E-state index is 0.179. The fraction of sp³-hybridized carbons (Fsp3) is 0. The molecule has 0 aliphatic rings. The van der Waals surface area contributed by atoms with Gasteiger partial charge in [-0.25, -0.2) is 4.99 Å². The van der Waals surface area contributed by atoms with Gasteiger partial charge in [0.15, 0.2) is 0 Å².